The minimum Gasteiger partial charge on any atom is -0.312 e. The number of nitrogens with one attached hydrogen (secondary N) is 1. The van der Waals surface area contributed by atoms with E-state index < -0.39 is 0 Å². The van der Waals surface area contributed by atoms with Gasteiger partial charge in [-0.25, -0.2) is 0 Å². The molecule has 1 N–H and O–H groups in total. The number of nitrogens with zero attached hydrogens (tertiary/aromatic N) is 1. The molecule has 16 heavy (non-hydrogen) atoms. The largest absolute Gasteiger partial charge is 0.312 e. The van der Waals surface area contributed by atoms with E-state index in [2.05, 4.69) is 44.2 Å². The van der Waals surface area contributed by atoms with Gasteiger partial charge in [0, 0.05) is 24.4 Å². The summed E-state index contributed by atoms with van der Waals surface area (Å²) in [6, 6.07) is 1.33. The molecule has 2 nitrogen and oxygen atoms in total. The summed E-state index contributed by atoms with van der Waals surface area (Å²) in [6.45, 7) is 13.0. The third-order valence-corrected chi connectivity index (χ3v) is 4.32. The predicted octanol–water partition coefficient (Wildman–Crippen LogP) is 2.45. The molecular weight excluding hydrogens is 216 g/mol. The minimum absolute atomic E-state index is 0.363. The fraction of sp³-hybridized carbons (Fsp3) is 1.00. The summed E-state index contributed by atoms with van der Waals surface area (Å²) in [5.74, 6) is 1.25. The molecule has 1 aliphatic rings. The lowest BCUT2D eigenvalue weighted by atomic mass is 9.86. The summed E-state index contributed by atoms with van der Waals surface area (Å²) < 4.78 is 0. The molecule has 2 unspecified atom stereocenters. The topological polar surface area (TPSA) is 15.3 Å². The highest BCUT2D eigenvalue weighted by Gasteiger charge is 2.29. The molecule has 1 rings (SSSR count). The molecule has 0 aromatic carbocycles. The molecular formula is C13H28N2S. The SMILES string of the molecule is CSCC(C)N1CCCNC(C(C)(C)C)C1. The van der Waals surface area contributed by atoms with Crippen LogP contribution in [0.3, 0.4) is 0 Å². The third kappa shape index (κ3) is 4.27. The molecule has 0 spiro atoms. The normalized spacial score (nSPS) is 26.4. The number of hydrogen-bond acceptors (Lipinski definition) is 3. The molecule has 1 fully saturated rings. The zero-order valence-corrected chi connectivity index (χ0v) is 12.4. The second-order valence-corrected chi connectivity index (χ2v) is 6.94. The van der Waals surface area contributed by atoms with Gasteiger partial charge in [-0.15, -0.1) is 0 Å². The Morgan fingerprint density at radius 2 is 2.12 bits per heavy atom. The highest BCUT2D eigenvalue weighted by molar-refractivity contribution is 7.98. The summed E-state index contributed by atoms with van der Waals surface area (Å²) in [7, 11) is 0. The Bertz CT molecular complexity index is 201. The Morgan fingerprint density at radius 1 is 1.44 bits per heavy atom. The quantitative estimate of drug-likeness (QED) is 0.821. The van der Waals surface area contributed by atoms with Gasteiger partial charge in [0.15, 0.2) is 0 Å². The number of hydrogen-bond donors (Lipinski definition) is 1. The monoisotopic (exact) mass is 244 g/mol. The second-order valence-electron chi connectivity index (χ2n) is 6.03. The smallest absolute Gasteiger partial charge is 0.0243 e. The maximum atomic E-state index is 3.70. The molecule has 1 saturated heterocycles. The lowest BCUT2D eigenvalue weighted by Crippen LogP contribution is -2.48. The van der Waals surface area contributed by atoms with Crippen LogP contribution in [0.25, 0.3) is 0 Å². The Labute approximate surface area is 106 Å². The van der Waals surface area contributed by atoms with Crippen LogP contribution in [0.2, 0.25) is 0 Å². The number of thioether (sulfide) groups is 1. The molecule has 0 aliphatic carbocycles. The van der Waals surface area contributed by atoms with Gasteiger partial charge in [-0.3, -0.25) is 4.90 Å². The maximum Gasteiger partial charge on any atom is 0.0243 e. The van der Waals surface area contributed by atoms with Crippen LogP contribution < -0.4 is 5.32 Å². The first-order chi connectivity index (χ1) is 7.45. The summed E-state index contributed by atoms with van der Waals surface area (Å²) in [5, 5.41) is 3.70. The first-order valence-corrected chi connectivity index (χ1v) is 7.81. The van der Waals surface area contributed by atoms with Crippen molar-refractivity contribution in [3.8, 4) is 0 Å². The summed E-state index contributed by atoms with van der Waals surface area (Å²) in [4.78, 5) is 2.66. The van der Waals surface area contributed by atoms with Gasteiger partial charge in [0.2, 0.25) is 0 Å². The van der Waals surface area contributed by atoms with Crippen molar-refractivity contribution in [3.63, 3.8) is 0 Å². The predicted molar refractivity (Wildman–Crippen MR) is 75.3 cm³/mol. The van der Waals surface area contributed by atoms with Gasteiger partial charge in [0.1, 0.15) is 0 Å². The molecule has 1 heterocycles. The third-order valence-electron chi connectivity index (χ3n) is 3.51. The van der Waals surface area contributed by atoms with Crippen molar-refractivity contribution in [2.24, 2.45) is 5.41 Å². The summed E-state index contributed by atoms with van der Waals surface area (Å²) in [5.41, 5.74) is 0.363. The van der Waals surface area contributed by atoms with Crippen LogP contribution in [-0.4, -0.2) is 48.6 Å². The van der Waals surface area contributed by atoms with Crippen molar-refractivity contribution in [1.29, 1.82) is 0 Å². The molecule has 96 valence electrons. The van der Waals surface area contributed by atoms with Crippen LogP contribution >= 0.6 is 11.8 Å². The van der Waals surface area contributed by atoms with Crippen LogP contribution in [0.4, 0.5) is 0 Å². The molecule has 0 amide bonds. The zero-order chi connectivity index (χ0) is 12.2. The van der Waals surface area contributed by atoms with Gasteiger partial charge in [0.25, 0.3) is 0 Å². The summed E-state index contributed by atoms with van der Waals surface area (Å²) in [6.07, 6.45) is 3.49. The van der Waals surface area contributed by atoms with Crippen molar-refractivity contribution in [1.82, 2.24) is 10.2 Å². The first kappa shape index (κ1) is 14.3. The van der Waals surface area contributed by atoms with Crippen molar-refractivity contribution >= 4 is 11.8 Å². The molecule has 0 bridgehead atoms. The van der Waals surface area contributed by atoms with Crippen molar-refractivity contribution in [2.75, 3.05) is 31.6 Å². The number of rotatable bonds is 3. The van der Waals surface area contributed by atoms with Gasteiger partial charge in [0.05, 0.1) is 0 Å². The fourth-order valence-electron chi connectivity index (χ4n) is 2.28. The Balaban J connectivity index is 2.58. The fourth-order valence-corrected chi connectivity index (χ4v) is 2.97. The Hall–Kier alpha value is 0.270. The summed E-state index contributed by atoms with van der Waals surface area (Å²) >= 11 is 1.96. The van der Waals surface area contributed by atoms with E-state index in [1.807, 2.05) is 11.8 Å². The standard InChI is InChI=1S/C13H28N2S/c1-11(10-16-5)15-8-6-7-14-12(9-15)13(2,3)4/h11-12,14H,6-10H2,1-5H3. The van der Waals surface area contributed by atoms with Crippen molar-refractivity contribution in [2.45, 2.75) is 46.2 Å². The van der Waals surface area contributed by atoms with E-state index >= 15 is 0 Å². The molecule has 1 aliphatic heterocycles. The lowest BCUT2D eigenvalue weighted by molar-refractivity contribution is 0.171. The van der Waals surface area contributed by atoms with Gasteiger partial charge in [-0.1, -0.05) is 20.8 Å². The van der Waals surface area contributed by atoms with Gasteiger partial charge < -0.3 is 5.32 Å². The highest BCUT2D eigenvalue weighted by atomic mass is 32.2. The molecule has 0 aromatic heterocycles. The maximum absolute atomic E-state index is 3.70. The van der Waals surface area contributed by atoms with Crippen LogP contribution in [-0.2, 0) is 0 Å². The Morgan fingerprint density at radius 3 is 2.69 bits per heavy atom. The molecule has 0 aromatic rings. The van der Waals surface area contributed by atoms with E-state index in [4.69, 9.17) is 0 Å². The molecule has 0 radical (unpaired) electrons. The molecule has 0 saturated carbocycles. The lowest BCUT2D eigenvalue weighted by Gasteiger charge is -2.36. The van der Waals surface area contributed by atoms with Crippen LogP contribution in [0, 0.1) is 5.41 Å². The van der Waals surface area contributed by atoms with E-state index in [9.17, 15) is 0 Å². The van der Waals surface area contributed by atoms with Crippen LogP contribution in [0.5, 0.6) is 0 Å². The molecule has 3 heteroatoms. The van der Waals surface area contributed by atoms with Crippen LogP contribution in [0.1, 0.15) is 34.1 Å². The van der Waals surface area contributed by atoms with Crippen molar-refractivity contribution in [3.05, 3.63) is 0 Å². The highest BCUT2D eigenvalue weighted by Crippen LogP contribution is 2.22. The van der Waals surface area contributed by atoms with Gasteiger partial charge in [-0.05, 0) is 38.1 Å². The second kappa shape index (κ2) is 6.27. The minimum atomic E-state index is 0.363. The van der Waals surface area contributed by atoms with Crippen molar-refractivity contribution < 1.29 is 0 Å². The first-order valence-electron chi connectivity index (χ1n) is 6.41. The zero-order valence-electron chi connectivity index (χ0n) is 11.5. The van der Waals surface area contributed by atoms with E-state index in [0.29, 0.717) is 17.5 Å². The van der Waals surface area contributed by atoms with Gasteiger partial charge in [-0.2, -0.15) is 11.8 Å². The van der Waals surface area contributed by atoms with Gasteiger partial charge >= 0.3 is 0 Å². The average Bonchev–Trinajstić information content (AvgIpc) is 2.42. The van der Waals surface area contributed by atoms with E-state index in [1.165, 1.54) is 31.8 Å². The van der Waals surface area contributed by atoms with E-state index in [1.54, 1.807) is 0 Å². The van der Waals surface area contributed by atoms with E-state index in [0.717, 1.165) is 0 Å². The molecule has 2 atom stereocenters. The average molecular weight is 244 g/mol. The van der Waals surface area contributed by atoms with Crippen LogP contribution in [0.15, 0.2) is 0 Å². The Kier molecular flexibility index (Phi) is 5.62. The van der Waals surface area contributed by atoms with E-state index in [-0.39, 0.29) is 0 Å².